The first-order valence-electron chi connectivity index (χ1n) is 8.63. The lowest BCUT2D eigenvalue weighted by Gasteiger charge is -2.21. The fourth-order valence-electron chi connectivity index (χ4n) is 2.59. The summed E-state index contributed by atoms with van der Waals surface area (Å²) in [6.07, 6.45) is 0. The molecular formula is C20H25BrN2O3. The third-order valence-corrected chi connectivity index (χ3v) is 4.35. The average molecular weight is 421 g/mol. The molecule has 0 fully saturated rings. The number of carbonyl (C=O) groups excluding carboxylic acids is 1. The third-order valence-electron chi connectivity index (χ3n) is 3.86. The van der Waals surface area contributed by atoms with E-state index < -0.39 is 0 Å². The summed E-state index contributed by atoms with van der Waals surface area (Å²) < 4.78 is 11.9. The second-order valence-corrected chi connectivity index (χ2v) is 6.70. The molecule has 0 atom stereocenters. The molecule has 2 aromatic rings. The van der Waals surface area contributed by atoms with Gasteiger partial charge in [-0.15, -0.1) is 0 Å². The number of rotatable bonds is 9. The zero-order chi connectivity index (χ0) is 18.9. The van der Waals surface area contributed by atoms with E-state index in [4.69, 9.17) is 9.47 Å². The van der Waals surface area contributed by atoms with E-state index in [9.17, 15) is 4.79 Å². The second-order valence-electron chi connectivity index (χ2n) is 5.78. The van der Waals surface area contributed by atoms with Crippen LogP contribution in [0.1, 0.15) is 19.4 Å². The number of ether oxygens (including phenoxy) is 2. The van der Waals surface area contributed by atoms with Gasteiger partial charge < -0.3 is 14.8 Å². The zero-order valence-corrected chi connectivity index (χ0v) is 17.0. The van der Waals surface area contributed by atoms with E-state index in [-0.39, 0.29) is 5.91 Å². The Balaban J connectivity index is 1.99. The number of methoxy groups -OCH3 is 1. The zero-order valence-electron chi connectivity index (χ0n) is 15.4. The number of benzene rings is 2. The quantitative estimate of drug-likeness (QED) is 0.656. The van der Waals surface area contributed by atoms with Crippen molar-refractivity contribution in [2.75, 3.05) is 32.1 Å². The van der Waals surface area contributed by atoms with Crippen LogP contribution in [0, 0.1) is 0 Å². The summed E-state index contributed by atoms with van der Waals surface area (Å²) in [6.45, 7) is 6.31. The molecule has 0 aliphatic carbocycles. The highest BCUT2D eigenvalue weighted by Crippen LogP contribution is 2.28. The Bertz CT molecular complexity index is 737. The average Bonchev–Trinajstić information content (AvgIpc) is 2.62. The first kappa shape index (κ1) is 20.3. The highest BCUT2D eigenvalue weighted by Gasteiger charge is 2.12. The Morgan fingerprint density at radius 2 is 1.96 bits per heavy atom. The molecule has 26 heavy (non-hydrogen) atoms. The smallest absolute Gasteiger partial charge is 0.238 e. The number of nitrogens with one attached hydrogen (secondary N) is 1. The topological polar surface area (TPSA) is 50.8 Å². The van der Waals surface area contributed by atoms with E-state index in [1.165, 1.54) is 0 Å². The van der Waals surface area contributed by atoms with Gasteiger partial charge in [-0.05, 0) is 49.4 Å². The van der Waals surface area contributed by atoms with Crippen LogP contribution in [-0.4, -0.2) is 37.6 Å². The van der Waals surface area contributed by atoms with Crippen LogP contribution in [0.4, 0.5) is 5.69 Å². The van der Waals surface area contributed by atoms with Gasteiger partial charge in [0.1, 0.15) is 0 Å². The van der Waals surface area contributed by atoms with E-state index in [1.807, 2.05) is 56.3 Å². The van der Waals surface area contributed by atoms with Crippen LogP contribution < -0.4 is 14.8 Å². The summed E-state index contributed by atoms with van der Waals surface area (Å²) in [5, 5.41) is 2.93. The van der Waals surface area contributed by atoms with Gasteiger partial charge in [-0.1, -0.05) is 35.0 Å². The molecule has 0 radical (unpaired) electrons. The molecule has 1 N–H and O–H groups in total. The summed E-state index contributed by atoms with van der Waals surface area (Å²) in [7, 11) is 1.63. The second kappa shape index (κ2) is 10.2. The van der Waals surface area contributed by atoms with E-state index in [1.54, 1.807) is 7.11 Å². The van der Waals surface area contributed by atoms with Crippen LogP contribution in [0.3, 0.4) is 0 Å². The van der Waals surface area contributed by atoms with Crippen LogP contribution in [0.25, 0.3) is 0 Å². The number of amides is 1. The molecule has 6 heteroatoms. The summed E-state index contributed by atoms with van der Waals surface area (Å²) in [6, 6.07) is 13.4. The Kier molecular flexibility index (Phi) is 7.94. The molecule has 0 saturated carbocycles. The first-order chi connectivity index (χ1) is 12.5. The van der Waals surface area contributed by atoms with Gasteiger partial charge in [0.2, 0.25) is 5.91 Å². The molecule has 140 valence electrons. The van der Waals surface area contributed by atoms with Crippen molar-refractivity contribution in [1.82, 2.24) is 4.90 Å². The summed E-state index contributed by atoms with van der Waals surface area (Å²) in [5.74, 6) is 1.40. The highest BCUT2D eigenvalue weighted by molar-refractivity contribution is 9.10. The molecule has 0 aliphatic heterocycles. The number of hydrogen-bond acceptors (Lipinski definition) is 4. The van der Waals surface area contributed by atoms with Gasteiger partial charge in [0.05, 0.1) is 20.3 Å². The molecule has 2 rings (SSSR count). The van der Waals surface area contributed by atoms with Crippen molar-refractivity contribution in [3.63, 3.8) is 0 Å². The Morgan fingerprint density at radius 3 is 2.62 bits per heavy atom. The van der Waals surface area contributed by atoms with Crippen molar-refractivity contribution in [3.8, 4) is 11.5 Å². The van der Waals surface area contributed by atoms with Crippen molar-refractivity contribution in [2.45, 2.75) is 20.4 Å². The monoisotopic (exact) mass is 420 g/mol. The Labute approximate surface area is 163 Å². The highest BCUT2D eigenvalue weighted by atomic mass is 79.9. The molecule has 0 aliphatic rings. The Morgan fingerprint density at radius 1 is 1.15 bits per heavy atom. The van der Waals surface area contributed by atoms with Crippen LogP contribution in [0.15, 0.2) is 46.9 Å². The van der Waals surface area contributed by atoms with E-state index >= 15 is 0 Å². The van der Waals surface area contributed by atoms with Crippen molar-refractivity contribution in [1.29, 1.82) is 0 Å². The standard InChI is InChI=1S/C20H25BrN2O3/c1-4-23(14-20(24)22-17-8-6-7-16(21)12-17)13-15-9-10-18(26-5-2)19(11-15)25-3/h6-12H,4-5,13-14H2,1-3H3,(H,22,24). The molecule has 0 bridgehead atoms. The maximum absolute atomic E-state index is 12.3. The summed E-state index contributed by atoms with van der Waals surface area (Å²) >= 11 is 3.41. The number of anilines is 1. The molecule has 0 unspecified atom stereocenters. The number of nitrogens with zero attached hydrogens (tertiary/aromatic N) is 1. The minimum absolute atomic E-state index is 0.0390. The minimum atomic E-state index is -0.0390. The molecule has 0 spiro atoms. The molecule has 0 saturated heterocycles. The van der Waals surface area contributed by atoms with E-state index in [0.29, 0.717) is 25.4 Å². The van der Waals surface area contributed by atoms with Crippen molar-refractivity contribution < 1.29 is 14.3 Å². The lowest BCUT2D eigenvalue weighted by molar-refractivity contribution is -0.117. The van der Waals surface area contributed by atoms with Crippen molar-refractivity contribution >= 4 is 27.5 Å². The summed E-state index contributed by atoms with van der Waals surface area (Å²) in [5.41, 5.74) is 1.85. The molecule has 0 aromatic heterocycles. The van der Waals surface area contributed by atoms with Gasteiger partial charge >= 0.3 is 0 Å². The Hall–Kier alpha value is -2.05. The van der Waals surface area contributed by atoms with E-state index in [0.717, 1.165) is 28.0 Å². The fourth-order valence-corrected chi connectivity index (χ4v) is 2.99. The predicted octanol–water partition coefficient (Wildman–Crippen LogP) is 4.32. The van der Waals surface area contributed by atoms with Gasteiger partial charge in [0.15, 0.2) is 11.5 Å². The van der Waals surface area contributed by atoms with Crippen LogP contribution in [0.2, 0.25) is 0 Å². The van der Waals surface area contributed by atoms with Gasteiger partial charge in [0.25, 0.3) is 0 Å². The van der Waals surface area contributed by atoms with Gasteiger partial charge in [-0.3, -0.25) is 9.69 Å². The van der Waals surface area contributed by atoms with E-state index in [2.05, 4.69) is 26.1 Å². The number of halogens is 1. The summed E-state index contributed by atoms with van der Waals surface area (Å²) in [4.78, 5) is 14.4. The number of hydrogen-bond donors (Lipinski definition) is 1. The number of likely N-dealkylation sites (N-methyl/N-ethyl adjacent to an activating group) is 1. The SMILES string of the molecule is CCOc1ccc(CN(CC)CC(=O)Nc2cccc(Br)c2)cc1OC. The number of carbonyl (C=O) groups is 1. The molecular weight excluding hydrogens is 396 g/mol. The predicted molar refractivity (Wildman–Crippen MR) is 108 cm³/mol. The minimum Gasteiger partial charge on any atom is -0.493 e. The maximum atomic E-state index is 12.3. The van der Waals surface area contributed by atoms with Crippen molar-refractivity contribution in [3.05, 3.63) is 52.5 Å². The van der Waals surface area contributed by atoms with Gasteiger partial charge in [0, 0.05) is 16.7 Å². The first-order valence-corrected chi connectivity index (χ1v) is 9.42. The van der Waals surface area contributed by atoms with Crippen LogP contribution in [0.5, 0.6) is 11.5 Å². The van der Waals surface area contributed by atoms with Gasteiger partial charge in [-0.2, -0.15) is 0 Å². The lowest BCUT2D eigenvalue weighted by Crippen LogP contribution is -2.32. The molecule has 0 heterocycles. The van der Waals surface area contributed by atoms with Crippen LogP contribution in [-0.2, 0) is 11.3 Å². The van der Waals surface area contributed by atoms with Crippen molar-refractivity contribution in [2.24, 2.45) is 0 Å². The largest absolute Gasteiger partial charge is 0.493 e. The van der Waals surface area contributed by atoms with Gasteiger partial charge in [-0.25, -0.2) is 0 Å². The third kappa shape index (κ3) is 6.04. The van der Waals surface area contributed by atoms with Crippen LogP contribution >= 0.6 is 15.9 Å². The molecule has 5 nitrogen and oxygen atoms in total. The molecule has 1 amide bonds. The normalized spacial score (nSPS) is 10.7. The fraction of sp³-hybridized carbons (Fsp3) is 0.350. The molecule has 2 aromatic carbocycles. The maximum Gasteiger partial charge on any atom is 0.238 e. The lowest BCUT2D eigenvalue weighted by atomic mass is 10.2.